The number of urea groups is 1. The summed E-state index contributed by atoms with van der Waals surface area (Å²) in [6.07, 6.45) is 0. The molecule has 1 rings (SSSR count). The second-order valence-corrected chi connectivity index (χ2v) is 4.88. The molecule has 0 spiro atoms. The third kappa shape index (κ3) is 6.18. The predicted octanol–water partition coefficient (Wildman–Crippen LogP) is -0.206. The first-order valence-electron chi connectivity index (χ1n) is 5.97. The predicted molar refractivity (Wildman–Crippen MR) is 72.9 cm³/mol. The van der Waals surface area contributed by atoms with Gasteiger partial charge in [0.15, 0.2) is 0 Å². The molecule has 1 aliphatic heterocycles. The Bertz CT molecular complexity index is 282. The van der Waals surface area contributed by atoms with E-state index in [0.717, 1.165) is 13.1 Å². The number of amides is 3. The quantitative estimate of drug-likeness (QED) is 0.651. The zero-order chi connectivity index (χ0) is 12.8. The summed E-state index contributed by atoms with van der Waals surface area (Å²) in [5, 5.41) is 8.10. The molecule has 106 valence electrons. The molecule has 1 fully saturated rings. The van der Waals surface area contributed by atoms with Gasteiger partial charge in [-0.3, -0.25) is 15.0 Å². The monoisotopic (exact) mass is 278 g/mol. The van der Waals surface area contributed by atoms with Crippen LogP contribution in [0.1, 0.15) is 13.8 Å². The molecule has 0 bridgehead atoms. The smallest absolute Gasteiger partial charge is 0.321 e. The van der Waals surface area contributed by atoms with Gasteiger partial charge in [0.05, 0.1) is 6.54 Å². The molecule has 3 N–H and O–H groups in total. The Balaban J connectivity index is 0.00000289. The van der Waals surface area contributed by atoms with Crippen LogP contribution in [0, 0.1) is 5.92 Å². The van der Waals surface area contributed by atoms with Crippen LogP contribution < -0.4 is 16.0 Å². The summed E-state index contributed by atoms with van der Waals surface area (Å²) < 4.78 is 0. The topological polar surface area (TPSA) is 73.5 Å². The van der Waals surface area contributed by atoms with E-state index in [-0.39, 0.29) is 24.9 Å². The highest BCUT2D eigenvalue weighted by Gasteiger charge is 2.23. The van der Waals surface area contributed by atoms with Crippen molar-refractivity contribution >= 4 is 24.3 Å². The number of rotatable bonds is 5. The van der Waals surface area contributed by atoms with Crippen molar-refractivity contribution in [2.75, 3.05) is 33.2 Å². The first kappa shape index (κ1) is 17.2. The van der Waals surface area contributed by atoms with Crippen LogP contribution in [0.15, 0.2) is 0 Å². The molecular weight excluding hydrogens is 256 g/mol. The maximum Gasteiger partial charge on any atom is 0.321 e. The Hall–Kier alpha value is -0.850. The fourth-order valence-electron chi connectivity index (χ4n) is 1.45. The molecule has 0 aromatic carbocycles. The van der Waals surface area contributed by atoms with Crippen LogP contribution in [0.2, 0.25) is 0 Å². The van der Waals surface area contributed by atoms with E-state index in [9.17, 15) is 9.59 Å². The summed E-state index contributed by atoms with van der Waals surface area (Å²) in [6, 6.07) is -0.0108. The fraction of sp³-hybridized carbons (Fsp3) is 0.818. The van der Waals surface area contributed by atoms with Gasteiger partial charge in [-0.25, -0.2) is 4.79 Å². The molecule has 18 heavy (non-hydrogen) atoms. The van der Waals surface area contributed by atoms with E-state index in [4.69, 9.17) is 0 Å². The lowest BCUT2D eigenvalue weighted by molar-refractivity contribution is -0.121. The molecule has 0 atom stereocenters. The Morgan fingerprint density at radius 3 is 2.44 bits per heavy atom. The summed E-state index contributed by atoms with van der Waals surface area (Å²) in [7, 11) is 1.89. The minimum atomic E-state index is -0.413. The van der Waals surface area contributed by atoms with Gasteiger partial charge < -0.3 is 10.6 Å². The van der Waals surface area contributed by atoms with Gasteiger partial charge in [-0.05, 0) is 13.0 Å². The summed E-state index contributed by atoms with van der Waals surface area (Å²) >= 11 is 0. The molecular formula is C11H23ClN4O2. The minimum absolute atomic E-state index is 0. The standard InChI is InChI=1S/C11H22N4O2.ClH/c1-8(2)4-13-11(17)14-10(16)7-15(3)9-5-12-6-9;/h8-9,12H,4-7H2,1-3H3,(H2,13,14,16,17);1H. The number of imide groups is 1. The van der Waals surface area contributed by atoms with Crippen molar-refractivity contribution in [3.8, 4) is 0 Å². The maximum atomic E-state index is 11.5. The summed E-state index contributed by atoms with van der Waals surface area (Å²) in [5.74, 6) is 0.111. The van der Waals surface area contributed by atoms with E-state index in [1.54, 1.807) is 0 Å². The zero-order valence-corrected chi connectivity index (χ0v) is 12.0. The van der Waals surface area contributed by atoms with Gasteiger partial charge >= 0.3 is 6.03 Å². The number of hydrogen-bond donors (Lipinski definition) is 3. The van der Waals surface area contributed by atoms with Crippen LogP contribution in [0.3, 0.4) is 0 Å². The first-order valence-corrected chi connectivity index (χ1v) is 5.97. The van der Waals surface area contributed by atoms with E-state index >= 15 is 0 Å². The van der Waals surface area contributed by atoms with Crippen molar-refractivity contribution in [2.24, 2.45) is 5.92 Å². The molecule has 7 heteroatoms. The number of carbonyl (C=O) groups excluding carboxylic acids is 2. The maximum absolute atomic E-state index is 11.5. The van der Waals surface area contributed by atoms with Crippen LogP contribution in [0.4, 0.5) is 4.79 Å². The van der Waals surface area contributed by atoms with Gasteiger partial charge in [0.25, 0.3) is 0 Å². The highest BCUT2D eigenvalue weighted by Crippen LogP contribution is 2.00. The second kappa shape index (κ2) is 8.29. The lowest BCUT2D eigenvalue weighted by Gasteiger charge is -2.35. The molecule has 0 aromatic rings. The van der Waals surface area contributed by atoms with Crippen molar-refractivity contribution in [2.45, 2.75) is 19.9 Å². The van der Waals surface area contributed by atoms with Gasteiger partial charge in [-0.15, -0.1) is 12.4 Å². The third-order valence-corrected chi connectivity index (χ3v) is 2.70. The number of hydrogen-bond acceptors (Lipinski definition) is 4. The molecule has 0 aromatic heterocycles. The van der Waals surface area contributed by atoms with Crippen LogP contribution in [0.25, 0.3) is 0 Å². The number of carbonyl (C=O) groups is 2. The van der Waals surface area contributed by atoms with Crippen molar-refractivity contribution in [3.05, 3.63) is 0 Å². The molecule has 3 amide bonds. The Labute approximate surface area is 114 Å². The second-order valence-electron chi connectivity index (χ2n) is 4.88. The van der Waals surface area contributed by atoms with E-state index in [0.29, 0.717) is 18.5 Å². The highest BCUT2D eigenvalue weighted by molar-refractivity contribution is 5.95. The summed E-state index contributed by atoms with van der Waals surface area (Å²) in [6.45, 7) is 6.63. The third-order valence-electron chi connectivity index (χ3n) is 2.70. The number of halogens is 1. The summed E-state index contributed by atoms with van der Waals surface area (Å²) in [5.41, 5.74) is 0. The van der Waals surface area contributed by atoms with Crippen molar-refractivity contribution in [3.63, 3.8) is 0 Å². The number of likely N-dealkylation sites (N-methyl/N-ethyl adjacent to an activating group) is 1. The van der Waals surface area contributed by atoms with Gasteiger partial charge in [0.2, 0.25) is 5.91 Å². The largest absolute Gasteiger partial charge is 0.338 e. The van der Waals surface area contributed by atoms with Gasteiger partial charge in [0, 0.05) is 25.7 Å². The molecule has 6 nitrogen and oxygen atoms in total. The van der Waals surface area contributed by atoms with Crippen molar-refractivity contribution < 1.29 is 9.59 Å². The molecule has 0 saturated carbocycles. The normalized spacial score (nSPS) is 14.9. The highest BCUT2D eigenvalue weighted by atomic mass is 35.5. The Morgan fingerprint density at radius 1 is 1.39 bits per heavy atom. The Morgan fingerprint density at radius 2 is 2.00 bits per heavy atom. The number of nitrogens with zero attached hydrogens (tertiary/aromatic N) is 1. The van der Waals surface area contributed by atoms with Crippen molar-refractivity contribution in [1.29, 1.82) is 0 Å². The van der Waals surface area contributed by atoms with E-state index in [1.807, 2.05) is 25.8 Å². The molecule has 1 saturated heterocycles. The SMILES string of the molecule is CC(C)CNC(=O)NC(=O)CN(C)C1CNC1.Cl. The lowest BCUT2D eigenvalue weighted by atomic mass is 10.1. The van der Waals surface area contributed by atoms with Crippen LogP contribution in [0.5, 0.6) is 0 Å². The molecule has 1 heterocycles. The molecule has 1 aliphatic rings. The van der Waals surface area contributed by atoms with Crippen molar-refractivity contribution in [1.82, 2.24) is 20.9 Å². The van der Waals surface area contributed by atoms with E-state index in [1.165, 1.54) is 0 Å². The average Bonchev–Trinajstić information content (AvgIpc) is 2.11. The fourth-order valence-corrected chi connectivity index (χ4v) is 1.45. The minimum Gasteiger partial charge on any atom is -0.338 e. The first-order chi connectivity index (χ1) is 7.99. The molecule has 0 unspecified atom stereocenters. The van der Waals surface area contributed by atoms with E-state index < -0.39 is 6.03 Å². The molecule has 0 aliphatic carbocycles. The summed E-state index contributed by atoms with van der Waals surface area (Å²) in [4.78, 5) is 24.8. The van der Waals surface area contributed by atoms with E-state index in [2.05, 4.69) is 16.0 Å². The van der Waals surface area contributed by atoms with Gasteiger partial charge in [0.1, 0.15) is 0 Å². The van der Waals surface area contributed by atoms with Crippen LogP contribution >= 0.6 is 12.4 Å². The average molecular weight is 279 g/mol. The van der Waals surface area contributed by atoms with Gasteiger partial charge in [-0.1, -0.05) is 13.8 Å². The van der Waals surface area contributed by atoms with Crippen LogP contribution in [-0.2, 0) is 4.79 Å². The Kier molecular flexibility index (Phi) is 7.90. The lowest BCUT2D eigenvalue weighted by Crippen LogP contribution is -2.58. The number of nitrogens with one attached hydrogen (secondary N) is 3. The zero-order valence-electron chi connectivity index (χ0n) is 11.2. The van der Waals surface area contributed by atoms with Gasteiger partial charge in [-0.2, -0.15) is 0 Å². The molecule has 0 radical (unpaired) electrons. The van der Waals surface area contributed by atoms with Crippen LogP contribution in [-0.4, -0.2) is 56.1 Å².